The number of nitrogens with one attached hydrogen (secondary N) is 1. The number of nitrogens with zero attached hydrogens (tertiary/aromatic N) is 3. The van der Waals surface area contributed by atoms with Gasteiger partial charge in [-0.1, -0.05) is 45.9 Å². The largest absolute Gasteiger partial charge is 0.507 e. The van der Waals surface area contributed by atoms with E-state index in [2.05, 4.69) is 15.3 Å². The lowest BCUT2D eigenvalue weighted by atomic mass is 9.78. The maximum Gasteiger partial charge on any atom is 0.312 e. The molecule has 5 bridgehead atoms. The van der Waals surface area contributed by atoms with Gasteiger partial charge < -0.3 is 54.7 Å². The molecule has 1 saturated heterocycles. The predicted octanol–water partition coefficient (Wildman–Crippen LogP) is 4.34. The topological polar surface area (TPSA) is 220 Å². The monoisotopic (exact) mass is 822 g/mol. The van der Waals surface area contributed by atoms with Crippen molar-refractivity contribution in [1.82, 2.24) is 9.91 Å². The van der Waals surface area contributed by atoms with Crippen LogP contribution in [0.2, 0.25) is 0 Å². The molecule has 0 radical (unpaired) electrons. The molecule has 4 aliphatic rings. The van der Waals surface area contributed by atoms with Gasteiger partial charge in [0.2, 0.25) is 0 Å². The molecule has 2 aromatic rings. The SMILES string of the molecule is COC1C=COC2(C)Oc3c(C)c(O)c4c(O)c(c(/C=N/N5CCN(C)CC5)c(O)c4c3C2=O)NC(=O)C(C)=C/C=C\C(C)C(O)C(C)C(O)C(C)C(OC(C)=O)C1C. The van der Waals surface area contributed by atoms with Gasteiger partial charge in [-0.05, 0) is 27.0 Å². The van der Waals surface area contributed by atoms with Crippen molar-refractivity contribution < 1.29 is 58.9 Å². The van der Waals surface area contributed by atoms with Crippen LogP contribution in [0.3, 0.4) is 0 Å². The van der Waals surface area contributed by atoms with Crippen LogP contribution in [0.15, 0.2) is 41.2 Å². The average Bonchev–Trinajstić information content (AvgIpc) is 3.46. The highest BCUT2D eigenvalue weighted by molar-refractivity contribution is 6.23. The smallest absolute Gasteiger partial charge is 0.312 e. The molecule has 0 saturated carbocycles. The summed E-state index contributed by atoms with van der Waals surface area (Å²) in [5.74, 6) is -8.34. The molecule has 1 fully saturated rings. The van der Waals surface area contributed by atoms with Crippen molar-refractivity contribution in [2.75, 3.05) is 45.7 Å². The molecule has 322 valence electrons. The lowest BCUT2D eigenvalue weighted by Gasteiger charge is -2.38. The van der Waals surface area contributed by atoms with Crippen LogP contribution in [-0.4, -0.2) is 130 Å². The number of hydrazone groups is 1. The number of aliphatic hydroxyl groups is 2. The maximum absolute atomic E-state index is 14.4. The number of fused-ring (bicyclic) bond motifs is 14. The van der Waals surface area contributed by atoms with Crippen molar-refractivity contribution >= 4 is 40.3 Å². The number of piperazine rings is 1. The van der Waals surface area contributed by atoms with Crippen molar-refractivity contribution in [3.8, 4) is 23.0 Å². The Hall–Kier alpha value is -5.16. The number of carbonyl (C=O) groups is 3. The first-order valence-electron chi connectivity index (χ1n) is 19.8. The van der Waals surface area contributed by atoms with E-state index in [1.165, 1.54) is 59.4 Å². The Morgan fingerprint density at radius 2 is 1.61 bits per heavy atom. The number of hydrogen-bond acceptors (Lipinski definition) is 15. The molecule has 16 heteroatoms. The first-order chi connectivity index (χ1) is 27.7. The van der Waals surface area contributed by atoms with Gasteiger partial charge in [-0.15, -0.1) is 0 Å². The number of rotatable bonds is 4. The zero-order chi connectivity index (χ0) is 43.7. The number of Topliss-reactive ketones (excluding diaryl/α,β-unsaturated/α-hetero) is 1. The molecule has 6 N–H and O–H groups in total. The summed E-state index contributed by atoms with van der Waals surface area (Å²) in [6.07, 6.45) is 4.86. The number of methoxy groups -OCH3 is 1. The van der Waals surface area contributed by atoms with Crippen molar-refractivity contribution in [1.29, 1.82) is 0 Å². The number of esters is 1. The van der Waals surface area contributed by atoms with E-state index in [4.69, 9.17) is 18.9 Å². The molecule has 4 heterocycles. The second-order valence-corrected chi connectivity index (χ2v) is 16.1. The Kier molecular flexibility index (Phi) is 13.7. The molecule has 9 unspecified atom stereocenters. The second kappa shape index (κ2) is 18.0. The average molecular weight is 823 g/mol. The molecule has 16 nitrogen and oxygen atoms in total. The van der Waals surface area contributed by atoms with E-state index in [1.807, 2.05) is 7.05 Å². The van der Waals surface area contributed by atoms with Crippen molar-refractivity contribution in [2.24, 2.45) is 28.8 Å². The molecule has 2 aromatic carbocycles. The number of ketones is 1. The van der Waals surface area contributed by atoms with E-state index in [1.54, 1.807) is 44.9 Å². The lowest BCUT2D eigenvalue weighted by molar-refractivity contribution is -0.160. The van der Waals surface area contributed by atoms with Gasteiger partial charge in [0.1, 0.15) is 23.4 Å². The van der Waals surface area contributed by atoms with E-state index in [9.17, 15) is 39.9 Å². The van der Waals surface area contributed by atoms with Crippen LogP contribution < -0.4 is 10.1 Å². The quantitative estimate of drug-likeness (QED) is 0.109. The number of ether oxygens (including phenoxy) is 4. The fourth-order valence-electron chi connectivity index (χ4n) is 7.92. The van der Waals surface area contributed by atoms with Crippen molar-refractivity contribution in [3.63, 3.8) is 0 Å². The summed E-state index contributed by atoms with van der Waals surface area (Å²) in [5, 5.41) is 66.8. The Morgan fingerprint density at radius 1 is 0.949 bits per heavy atom. The maximum atomic E-state index is 14.4. The van der Waals surface area contributed by atoms with Crippen LogP contribution in [0.25, 0.3) is 10.8 Å². The van der Waals surface area contributed by atoms with E-state index in [0.29, 0.717) is 13.1 Å². The Morgan fingerprint density at radius 3 is 2.24 bits per heavy atom. The third-order valence-electron chi connectivity index (χ3n) is 11.9. The highest BCUT2D eigenvalue weighted by atomic mass is 16.7. The van der Waals surface area contributed by atoms with Gasteiger partial charge in [-0.3, -0.25) is 19.4 Å². The highest BCUT2D eigenvalue weighted by Gasteiger charge is 2.50. The zero-order valence-corrected chi connectivity index (χ0v) is 35.3. The van der Waals surface area contributed by atoms with Crippen LogP contribution in [0, 0.1) is 30.6 Å². The van der Waals surface area contributed by atoms with Gasteiger partial charge in [0.15, 0.2) is 5.75 Å². The standard InChI is InChI=1S/C43H58N4O12/c1-21-12-11-13-22(2)42(55)45-33-28(20-44-47-17-15-46(9)16-18-47)37(52)30-31(38(33)53)36(51)26(6)40-32(30)41(54)43(8,59-40)57-19-14-29(56-10)23(3)39(58-27(7)48)25(5)35(50)24(4)34(21)49/h11-14,19-21,23-25,29,34-35,39,49-53H,15-18H2,1-10H3,(H,45,55)/b12-11-,19-14?,22-13?,44-20+. The van der Waals surface area contributed by atoms with Gasteiger partial charge in [0.05, 0.1) is 53.0 Å². The summed E-state index contributed by atoms with van der Waals surface area (Å²) >= 11 is 0. The number of allylic oxidation sites excluding steroid dienone is 2. The summed E-state index contributed by atoms with van der Waals surface area (Å²) in [6, 6.07) is 0. The van der Waals surface area contributed by atoms with E-state index < -0.39 is 88.8 Å². The van der Waals surface area contributed by atoms with Crippen LogP contribution in [0.5, 0.6) is 23.0 Å². The minimum absolute atomic E-state index is 0.0559. The number of hydrogen-bond donors (Lipinski definition) is 6. The van der Waals surface area contributed by atoms with Gasteiger partial charge >= 0.3 is 11.8 Å². The molecular weight excluding hydrogens is 764 g/mol. The third-order valence-corrected chi connectivity index (χ3v) is 11.9. The summed E-state index contributed by atoms with van der Waals surface area (Å²) in [6.45, 7) is 15.1. The molecular formula is C43H58N4O12. The van der Waals surface area contributed by atoms with E-state index in [-0.39, 0.29) is 44.5 Å². The number of likely N-dealkylation sites (N-methyl/N-ethyl adjacent to an activating group) is 1. The highest BCUT2D eigenvalue weighted by Crippen LogP contribution is 2.55. The summed E-state index contributed by atoms with van der Waals surface area (Å²) in [5.41, 5.74) is -0.350. The minimum Gasteiger partial charge on any atom is -0.507 e. The molecule has 9 atom stereocenters. The molecule has 0 aliphatic carbocycles. The second-order valence-electron chi connectivity index (χ2n) is 16.1. The zero-order valence-electron chi connectivity index (χ0n) is 35.3. The van der Waals surface area contributed by atoms with E-state index >= 15 is 0 Å². The predicted molar refractivity (Wildman–Crippen MR) is 220 cm³/mol. The van der Waals surface area contributed by atoms with Crippen LogP contribution in [-0.2, 0) is 23.8 Å². The molecule has 1 amide bonds. The number of anilines is 1. The van der Waals surface area contributed by atoms with Crippen LogP contribution in [0.4, 0.5) is 5.69 Å². The first-order valence-corrected chi connectivity index (χ1v) is 19.8. The van der Waals surface area contributed by atoms with Gasteiger partial charge in [-0.25, -0.2) is 0 Å². The molecule has 0 spiro atoms. The number of phenols is 3. The Balaban J connectivity index is 1.70. The number of phenolic OH excluding ortho intramolecular Hbond substituents is 3. The molecule has 4 aliphatic heterocycles. The summed E-state index contributed by atoms with van der Waals surface area (Å²) in [7, 11) is 3.42. The van der Waals surface area contributed by atoms with Crippen molar-refractivity contribution in [2.45, 2.75) is 85.6 Å². The summed E-state index contributed by atoms with van der Waals surface area (Å²) < 4.78 is 23.6. The molecule has 6 rings (SSSR count). The minimum atomic E-state index is -2.04. The van der Waals surface area contributed by atoms with Gasteiger partial charge in [0.25, 0.3) is 11.7 Å². The summed E-state index contributed by atoms with van der Waals surface area (Å²) in [4.78, 5) is 42.6. The third kappa shape index (κ3) is 8.91. The Labute approximate surface area is 344 Å². The number of aromatic hydroxyl groups is 3. The molecule has 59 heavy (non-hydrogen) atoms. The van der Waals surface area contributed by atoms with Gasteiger partial charge in [-0.2, -0.15) is 5.10 Å². The first kappa shape index (κ1) is 44.9. The van der Waals surface area contributed by atoms with Crippen LogP contribution >= 0.6 is 0 Å². The number of amides is 1. The number of carbonyl (C=O) groups excluding carboxylic acids is 3. The van der Waals surface area contributed by atoms with Crippen LogP contribution in [0.1, 0.15) is 70.0 Å². The fourth-order valence-corrected chi connectivity index (χ4v) is 7.92. The van der Waals surface area contributed by atoms with Crippen molar-refractivity contribution in [3.05, 3.63) is 52.8 Å². The van der Waals surface area contributed by atoms with E-state index in [0.717, 1.165) is 13.1 Å². The number of benzene rings is 2. The Bertz CT molecular complexity index is 2070. The fraction of sp³-hybridized carbons (Fsp3) is 0.535. The normalized spacial score (nSPS) is 30.6. The molecule has 0 aromatic heterocycles. The lowest BCUT2D eigenvalue weighted by Crippen LogP contribution is -2.46. The number of aliphatic hydroxyl groups excluding tert-OH is 2. The van der Waals surface area contributed by atoms with Gasteiger partial charge in [0, 0.05) is 87.3 Å².